The third-order valence-corrected chi connectivity index (χ3v) is 5.56. The van der Waals surface area contributed by atoms with E-state index >= 15 is 0 Å². The first-order valence-electron chi connectivity index (χ1n) is 11.8. The molecule has 0 atom stereocenters. The van der Waals surface area contributed by atoms with Gasteiger partial charge in [-0.25, -0.2) is 0 Å². The van der Waals surface area contributed by atoms with Gasteiger partial charge in [-0.15, -0.1) is 30.0 Å². The quantitative estimate of drug-likeness (QED) is 0.169. The average molecular weight is 634 g/mol. The van der Waals surface area contributed by atoms with Crippen LogP contribution in [0.4, 0.5) is 0 Å². The second-order valence-electron chi connectivity index (χ2n) is 8.21. The van der Waals surface area contributed by atoms with Gasteiger partial charge in [-0.05, 0) is 45.8 Å². The van der Waals surface area contributed by atoms with Gasteiger partial charge < -0.3 is 30.8 Å². The number of rotatable bonds is 6. The van der Waals surface area contributed by atoms with E-state index in [1.807, 2.05) is 60.7 Å². The number of hydrogen-bond acceptors (Lipinski definition) is 10. The molecule has 43 heavy (non-hydrogen) atoms. The third-order valence-electron chi connectivity index (χ3n) is 5.56. The van der Waals surface area contributed by atoms with E-state index in [0.29, 0.717) is 22.8 Å². The van der Waals surface area contributed by atoms with Crippen molar-refractivity contribution < 1.29 is 50.2 Å². The molecule has 0 saturated heterocycles. The summed E-state index contributed by atoms with van der Waals surface area (Å²) in [5.74, 6) is -1.56. The average Bonchev–Trinajstić information content (AvgIpc) is 3.70. The summed E-state index contributed by atoms with van der Waals surface area (Å²) in [6.45, 7) is 0. The molecule has 2 heterocycles. The number of carbonyl (C=O) groups excluding carboxylic acids is 2. The van der Waals surface area contributed by atoms with E-state index < -0.39 is 11.9 Å². The van der Waals surface area contributed by atoms with Crippen molar-refractivity contribution in [1.82, 2.24) is 40.4 Å². The molecule has 0 spiro atoms. The summed E-state index contributed by atoms with van der Waals surface area (Å²) < 4.78 is 0. The molecule has 0 aliphatic rings. The normalized spacial score (nSPS) is 9.67. The van der Waals surface area contributed by atoms with Gasteiger partial charge in [0.15, 0.2) is 0 Å². The molecule has 0 fully saturated rings. The Balaban J connectivity index is 0.000000281. The molecule has 0 aliphatic heterocycles. The van der Waals surface area contributed by atoms with E-state index in [0.717, 1.165) is 11.4 Å². The van der Waals surface area contributed by atoms with Crippen LogP contribution < -0.4 is 10.2 Å². The molecule has 6 N–H and O–H groups in total. The maximum absolute atomic E-state index is 10.7. The Morgan fingerprint density at radius 1 is 0.512 bits per heavy atom. The van der Waals surface area contributed by atoms with Crippen LogP contribution in [0, 0.1) is 0 Å². The number of carboxylic acid groups (broad SMARTS) is 2. The molecule has 0 aliphatic carbocycles. The number of para-hydroxylation sites is 2. The fourth-order valence-electron chi connectivity index (χ4n) is 3.51. The minimum Gasteiger partial charge on any atom is -0.545 e. The number of hydrogen-bond donors (Lipinski definition) is 0. The van der Waals surface area contributed by atoms with Crippen LogP contribution >= 0.6 is 0 Å². The molecule has 6 aromatic rings. The summed E-state index contributed by atoms with van der Waals surface area (Å²) >= 11 is 0. The van der Waals surface area contributed by atoms with Gasteiger partial charge in [-0.2, -0.15) is 0 Å². The van der Waals surface area contributed by atoms with E-state index in [4.69, 9.17) is 0 Å². The van der Waals surface area contributed by atoms with Crippen LogP contribution in [0.2, 0.25) is 0 Å². The molecule has 0 amide bonds. The molecule has 14 nitrogen and oxygen atoms in total. The maximum atomic E-state index is 10.7. The van der Waals surface area contributed by atoms with Crippen LogP contribution in [0.1, 0.15) is 20.7 Å². The molecule has 15 heteroatoms. The Bertz CT molecular complexity index is 1610. The first-order chi connectivity index (χ1) is 19.5. The van der Waals surface area contributed by atoms with Gasteiger partial charge in [0.2, 0.25) is 11.6 Å². The van der Waals surface area contributed by atoms with Crippen LogP contribution in [-0.2, 0) is 30.4 Å². The standard InChI is InChI=1S/2C14H10N4O2.2H2O.Zn/c2*19-14(20)11-8-6-10(7-9-11)13-15-17-18(16-13)12-4-2-1-3-5-12;;;/h2*1-9H,(H,19,20);2*1H2;/q;;;;+2. The van der Waals surface area contributed by atoms with Crippen LogP contribution in [0.15, 0.2) is 109 Å². The first-order valence-corrected chi connectivity index (χ1v) is 11.8. The molecular weight excluding hydrogens is 610 g/mol. The van der Waals surface area contributed by atoms with Gasteiger partial charge in [0, 0.05) is 11.1 Å². The third kappa shape index (κ3) is 8.27. The monoisotopic (exact) mass is 632 g/mol. The summed E-state index contributed by atoms with van der Waals surface area (Å²) in [5.41, 5.74) is 3.22. The van der Waals surface area contributed by atoms with Crippen LogP contribution in [-0.4, -0.2) is 52.4 Å². The zero-order valence-corrected chi connectivity index (χ0v) is 25.4. The van der Waals surface area contributed by atoms with E-state index in [9.17, 15) is 19.8 Å². The second kappa shape index (κ2) is 15.5. The molecular formula is C28H24N8O6Zn+2. The van der Waals surface area contributed by atoms with E-state index in [2.05, 4.69) is 30.8 Å². The molecule has 6 rings (SSSR count). The molecule has 0 bridgehead atoms. The SMILES string of the molecule is O=C([O-])c1ccc(-c2nnn(-c3ccccc3)n2)cc1.O=C([O-])c1ccc(-c2nnn(-c3ccccc3)n2)cc1.[OH3+].[OH3+].[Zn+2]. The van der Waals surface area contributed by atoms with Crippen molar-refractivity contribution in [3.8, 4) is 34.2 Å². The van der Waals surface area contributed by atoms with Crippen molar-refractivity contribution >= 4 is 11.9 Å². The maximum Gasteiger partial charge on any atom is 2.00 e. The molecule has 2 aromatic heterocycles. The van der Waals surface area contributed by atoms with Crippen molar-refractivity contribution in [2.45, 2.75) is 0 Å². The second-order valence-corrected chi connectivity index (χ2v) is 8.21. The Morgan fingerprint density at radius 2 is 0.837 bits per heavy atom. The zero-order valence-electron chi connectivity index (χ0n) is 22.5. The van der Waals surface area contributed by atoms with Crippen LogP contribution in [0.5, 0.6) is 0 Å². The Morgan fingerprint density at radius 3 is 1.14 bits per heavy atom. The predicted octanol–water partition coefficient (Wildman–Crippen LogP) is -0.461. The Hall–Kier alpha value is -5.50. The van der Waals surface area contributed by atoms with Crippen molar-refractivity contribution in [3.05, 3.63) is 120 Å². The molecule has 212 valence electrons. The summed E-state index contributed by atoms with van der Waals surface area (Å²) in [5, 5.41) is 45.7. The molecule has 0 radical (unpaired) electrons. The fourth-order valence-corrected chi connectivity index (χ4v) is 3.51. The number of carbonyl (C=O) groups is 2. The van der Waals surface area contributed by atoms with Gasteiger partial charge in [0.25, 0.3) is 0 Å². The number of nitrogens with zero attached hydrogens (tertiary/aromatic N) is 8. The predicted molar refractivity (Wildman–Crippen MR) is 148 cm³/mol. The van der Waals surface area contributed by atoms with Crippen LogP contribution in [0.3, 0.4) is 0 Å². The van der Waals surface area contributed by atoms with Gasteiger partial charge in [-0.1, -0.05) is 84.9 Å². The topological polar surface area (TPSA) is 233 Å². The summed E-state index contributed by atoms with van der Waals surface area (Å²) in [7, 11) is 0. The number of carboxylic acids is 2. The summed E-state index contributed by atoms with van der Waals surface area (Å²) in [6.07, 6.45) is 0. The largest absolute Gasteiger partial charge is 2.00 e. The Labute approximate surface area is 256 Å². The van der Waals surface area contributed by atoms with E-state index in [1.165, 1.54) is 33.9 Å². The Kier molecular flexibility index (Phi) is 12.1. The molecule has 0 saturated carbocycles. The minimum absolute atomic E-state index is 0. The van der Waals surface area contributed by atoms with Crippen molar-refractivity contribution in [3.63, 3.8) is 0 Å². The van der Waals surface area contributed by atoms with Gasteiger partial charge >= 0.3 is 19.5 Å². The minimum atomic E-state index is -1.21. The number of aromatic nitrogens is 8. The number of tetrazole rings is 2. The first kappa shape index (κ1) is 33.7. The molecule has 0 unspecified atom stereocenters. The fraction of sp³-hybridized carbons (Fsp3) is 0. The molecule has 4 aromatic carbocycles. The van der Waals surface area contributed by atoms with E-state index in [-0.39, 0.29) is 41.6 Å². The van der Waals surface area contributed by atoms with Gasteiger partial charge in [0.1, 0.15) is 0 Å². The van der Waals surface area contributed by atoms with Crippen LogP contribution in [0.25, 0.3) is 34.2 Å². The van der Waals surface area contributed by atoms with Crippen molar-refractivity contribution in [1.29, 1.82) is 0 Å². The zero-order chi connectivity index (χ0) is 27.9. The number of benzene rings is 4. The van der Waals surface area contributed by atoms with E-state index in [1.54, 1.807) is 24.3 Å². The summed E-state index contributed by atoms with van der Waals surface area (Å²) in [4.78, 5) is 24.2. The van der Waals surface area contributed by atoms with Gasteiger partial charge in [-0.3, -0.25) is 0 Å². The van der Waals surface area contributed by atoms with Crippen molar-refractivity contribution in [2.75, 3.05) is 0 Å². The van der Waals surface area contributed by atoms with Crippen molar-refractivity contribution in [2.24, 2.45) is 0 Å². The smallest absolute Gasteiger partial charge is 0.545 e. The van der Waals surface area contributed by atoms with Gasteiger partial charge in [0.05, 0.1) is 23.3 Å². The number of aromatic carboxylic acids is 2. The summed E-state index contributed by atoms with van der Waals surface area (Å²) in [6, 6.07) is 31.1.